The minimum atomic E-state index is -4.20. The van der Waals surface area contributed by atoms with Crippen molar-refractivity contribution in [1.29, 1.82) is 0 Å². The molecule has 4 rings (SSSR count). The maximum Gasteiger partial charge on any atom is 0.291 e. The number of halogens is 1. The second-order valence-corrected chi connectivity index (χ2v) is 9.96. The highest BCUT2D eigenvalue weighted by atomic mass is 35.5. The van der Waals surface area contributed by atoms with Crippen LogP contribution in [0, 0.1) is 0 Å². The van der Waals surface area contributed by atoms with Crippen molar-refractivity contribution in [2.45, 2.75) is 10.9 Å². The average Bonchev–Trinajstić information content (AvgIpc) is 3.50. The highest BCUT2D eigenvalue weighted by molar-refractivity contribution is 7.94. The fourth-order valence-corrected chi connectivity index (χ4v) is 5.01. The number of nitrogens with one attached hydrogen (secondary N) is 3. The van der Waals surface area contributed by atoms with Crippen molar-refractivity contribution in [3.63, 3.8) is 0 Å². The molecule has 0 spiro atoms. The molecule has 0 fully saturated rings. The standard InChI is InChI=1S/C21H16ClN5O5S2/c22-16-9-3-1-7-14(16)19(29)24-20-25-26-21(33-20)34(30,31)27-17-10-4-2-8-15(17)18(28)23-12-13-6-5-11-32-13/h1-11,27H,12H2,(H,23,28)(H,24,25,29). The second-order valence-electron chi connectivity index (χ2n) is 6.72. The summed E-state index contributed by atoms with van der Waals surface area (Å²) in [6.07, 6.45) is 1.48. The van der Waals surface area contributed by atoms with Crippen LogP contribution in [0.5, 0.6) is 0 Å². The van der Waals surface area contributed by atoms with E-state index >= 15 is 0 Å². The van der Waals surface area contributed by atoms with Crippen molar-refractivity contribution in [2.75, 3.05) is 10.0 Å². The van der Waals surface area contributed by atoms with E-state index in [0.717, 1.165) is 0 Å². The Morgan fingerprint density at radius 1 is 0.941 bits per heavy atom. The summed E-state index contributed by atoms with van der Waals surface area (Å²) >= 11 is 6.66. The van der Waals surface area contributed by atoms with Crippen LogP contribution in [0.3, 0.4) is 0 Å². The number of amides is 2. The van der Waals surface area contributed by atoms with Crippen LogP contribution in [0.2, 0.25) is 5.02 Å². The van der Waals surface area contributed by atoms with Crippen molar-refractivity contribution in [3.05, 3.63) is 88.8 Å². The topological polar surface area (TPSA) is 143 Å². The van der Waals surface area contributed by atoms with E-state index in [-0.39, 0.29) is 33.5 Å². The zero-order valence-corrected chi connectivity index (χ0v) is 19.6. The Hall–Kier alpha value is -3.74. The molecule has 2 aromatic heterocycles. The number of furan rings is 1. The molecule has 3 N–H and O–H groups in total. The lowest BCUT2D eigenvalue weighted by Crippen LogP contribution is -2.24. The lowest BCUT2D eigenvalue weighted by molar-refractivity contribution is 0.0948. The highest BCUT2D eigenvalue weighted by Crippen LogP contribution is 2.25. The average molecular weight is 518 g/mol. The second kappa shape index (κ2) is 10.0. The molecular formula is C21H16ClN5O5S2. The fourth-order valence-electron chi connectivity index (χ4n) is 2.81. The van der Waals surface area contributed by atoms with Crippen molar-refractivity contribution in [2.24, 2.45) is 0 Å². The van der Waals surface area contributed by atoms with Crippen LogP contribution in [0.25, 0.3) is 0 Å². The van der Waals surface area contributed by atoms with Gasteiger partial charge in [0, 0.05) is 0 Å². The van der Waals surface area contributed by atoms with E-state index in [0.29, 0.717) is 17.1 Å². The Kier molecular flexibility index (Phi) is 6.91. The van der Waals surface area contributed by atoms with Gasteiger partial charge in [0.15, 0.2) is 0 Å². The number of hydrogen-bond donors (Lipinski definition) is 3. The van der Waals surface area contributed by atoms with Gasteiger partial charge in [-0.2, -0.15) is 8.42 Å². The van der Waals surface area contributed by atoms with Gasteiger partial charge in [-0.05, 0) is 36.4 Å². The Bertz CT molecular complexity index is 1440. The van der Waals surface area contributed by atoms with Crippen molar-refractivity contribution in [1.82, 2.24) is 15.5 Å². The maximum absolute atomic E-state index is 12.9. The molecule has 0 aliphatic heterocycles. The zero-order chi connectivity index (χ0) is 24.1. The molecule has 0 saturated heterocycles. The molecule has 13 heteroatoms. The highest BCUT2D eigenvalue weighted by Gasteiger charge is 2.24. The molecule has 0 aliphatic rings. The molecule has 0 unspecified atom stereocenters. The van der Waals surface area contributed by atoms with E-state index in [1.807, 2.05) is 0 Å². The molecular weight excluding hydrogens is 502 g/mol. The van der Waals surface area contributed by atoms with Gasteiger partial charge < -0.3 is 9.73 Å². The molecule has 0 saturated carbocycles. The first-order valence-electron chi connectivity index (χ1n) is 9.65. The van der Waals surface area contributed by atoms with E-state index < -0.39 is 26.2 Å². The number of rotatable bonds is 8. The predicted octanol–water partition coefficient (Wildman–Crippen LogP) is 3.77. The predicted molar refractivity (Wildman–Crippen MR) is 126 cm³/mol. The van der Waals surface area contributed by atoms with Gasteiger partial charge in [-0.3, -0.25) is 19.6 Å². The van der Waals surface area contributed by atoms with Gasteiger partial charge in [0.25, 0.3) is 26.2 Å². The first kappa shape index (κ1) is 23.4. The first-order valence-corrected chi connectivity index (χ1v) is 12.3. The normalized spacial score (nSPS) is 11.1. The summed E-state index contributed by atoms with van der Waals surface area (Å²) in [6, 6.07) is 15.9. The number of carbonyl (C=O) groups is 2. The zero-order valence-electron chi connectivity index (χ0n) is 17.2. The third-order valence-corrected chi connectivity index (χ3v) is 7.30. The van der Waals surface area contributed by atoms with Crippen LogP contribution >= 0.6 is 22.9 Å². The summed E-state index contributed by atoms with van der Waals surface area (Å²) in [5.41, 5.74) is 0.363. The number of para-hydroxylation sites is 1. The first-order chi connectivity index (χ1) is 16.3. The number of nitrogens with zero attached hydrogens (tertiary/aromatic N) is 2. The number of anilines is 2. The maximum atomic E-state index is 12.9. The SMILES string of the molecule is O=C(Nc1nnc(S(=O)(=O)Nc2ccccc2C(=O)NCc2ccco2)s1)c1ccccc1Cl. The summed E-state index contributed by atoms with van der Waals surface area (Å²) in [7, 11) is -4.20. The van der Waals surface area contributed by atoms with Crippen LogP contribution in [0.4, 0.5) is 10.8 Å². The number of benzene rings is 2. The van der Waals surface area contributed by atoms with Gasteiger partial charge in [0.05, 0.1) is 34.6 Å². The minimum absolute atomic E-state index is 0.0326. The molecule has 2 heterocycles. The molecule has 174 valence electrons. The quantitative estimate of drug-likeness (QED) is 0.302. The number of aromatic nitrogens is 2. The van der Waals surface area contributed by atoms with E-state index in [1.54, 1.807) is 42.5 Å². The van der Waals surface area contributed by atoms with Crippen LogP contribution in [-0.2, 0) is 16.6 Å². The third kappa shape index (κ3) is 5.42. The van der Waals surface area contributed by atoms with Crippen LogP contribution in [0.1, 0.15) is 26.5 Å². The van der Waals surface area contributed by atoms with E-state index in [4.69, 9.17) is 16.0 Å². The molecule has 34 heavy (non-hydrogen) atoms. The number of carbonyl (C=O) groups excluding carboxylic acids is 2. The van der Waals surface area contributed by atoms with Crippen molar-refractivity contribution >= 4 is 55.6 Å². The molecule has 0 radical (unpaired) electrons. The van der Waals surface area contributed by atoms with Crippen LogP contribution < -0.4 is 15.4 Å². The largest absolute Gasteiger partial charge is 0.467 e. The van der Waals surface area contributed by atoms with Gasteiger partial charge in [0.1, 0.15) is 5.76 Å². The van der Waals surface area contributed by atoms with Crippen LogP contribution in [0.15, 0.2) is 75.7 Å². The summed E-state index contributed by atoms with van der Waals surface area (Å²) in [5.74, 6) is -0.511. The lowest BCUT2D eigenvalue weighted by atomic mass is 10.1. The van der Waals surface area contributed by atoms with E-state index in [1.165, 1.54) is 24.5 Å². The Labute approximate surface area is 203 Å². The minimum Gasteiger partial charge on any atom is -0.467 e. The summed E-state index contributed by atoms with van der Waals surface area (Å²) < 4.78 is 32.8. The molecule has 10 nitrogen and oxygen atoms in total. The monoisotopic (exact) mass is 517 g/mol. The van der Waals surface area contributed by atoms with Gasteiger partial charge >= 0.3 is 0 Å². The summed E-state index contributed by atoms with van der Waals surface area (Å²) in [5, 5.41) is 12.7. The molecule has 0 aliphatic carbocycles. The molecule has 0 atom stereocenters. The van der Waals surface area contributed by atoms with Gasteiger partial charge in [-0.25, -0.2) is 0 Å². The van der Waals surface area contributed by atoms with Gasteiger partial charge in [-0.1, -0.05) is 47.2 Å². The number of hydrogen-bond acceptors (Lipinski definition) is 8. The Morgan fingerprint density at radius 3 is 2.41 bits per heavy atom. The Morgan fingerprint density at radius 2 is 1.68 bits per heavy atom. The molecule has 2 amide bonds. The van der Waals surface area contributed by atoms with E-state index in [9.17, 15) is 18.0 Å². The van der Waals surface area contributed by atoms with Crippen molar-refractivity contribution < 1.29 is 22.4 Å². The smallest absolute Gasteiger partial charge is 0.291 e. The third-order valence-electron chi connectivity index (χ3n) is 4.39. The molecule has 2 aromatic carbocycles. The molecule has 0 bridgehead atoms. The van der Waals surface area contributed by atoms with Gasteiger partial charge in [-0.15, -0.1) is 10.2 Å². The van der Waals surface area contributed by atoms with Gasteiger partial charge in [0.2, 0.25) is 5.13 Å². The van der Waals surface area contributed by atoms with Crippen LogP contribution in [-0.4, -0.2) is 30.4 Å². The summed E-state index contributed by atoms with van der Waals surface area (Å²) in [4.78, 5) is 25.0. The lowest BCUT2D eigenvalue weighted by Gasteiger charge is -2.11. The van der Waals surface area contributed by atoms with Crippen molar-refractivity contribution in [3.8, 4) is 0 Å². The number of sulfonamides is 1. The fraction of sp³-hybridized carbons (Fsp3) is 0.0476. The Balaban J connectivity index is 1.48. The molecule has 4 aromatic rings. The summed E-state index contributed by atoms with van der Waals surface area (Å²) in [6.45, 7) is 0.137. The van der Waals surface area contributed by atoms with E-state index in [2.05, 4.69) is 25.6 Å².